The van der Waals surface area contributed by atoms with Crippen molar-refractivity contribution in [1.82, 2.24) is 4.90 Å². The molecule has 1 aliphatic heterocycles. The highest BCUT2D eigenvalue weighted by atomic mass is 16.5. The molecule has 1 amide bonds. The lowest BCUT2D eigenvalue weighted by Gasteiger charge is -2.24. The van der Waals surface area contributed by atoms with Crippen LogP contribution in [0.15, 0.2) is 102 Å². The number of anilines is 1. The number of carbonyl (C=O) groups is 1. The minimum absolute atomic E-state index is 0.0520. The summed E-state index contributed by atoms with van der Waals surface area (Å²) in [6, 6.07) is 26.8. The topological polar surface area (TPSA) is 85.2 Å². The van der Waals surface area contributed by atoms with Crippen molar-refractivity contribution in [3.05, 3.63) is 114 Å². The molecule has 1 saturated heterocycles. The molecule has 1 fully saturated rings. The monoisotopic (exact) mass is 441 g/mol. The molecule has 33 heavy (non-hydrogen) atoms. The number of aliphatic hydroxyl groups excluding tert-OH is 1. The van der Waals surface area contributed by atoms with Crippen molar-refractivity contribution in [2.45, 2.75) is 25.4 Å². The average Bonchev–Trinajstić information content (AvgIpc) is 3.29. The summed E-state index contributed by atoms with van der Waals surface area (Å²) in [6.45, 7) is 1.61. The number of hydrogen-bond donors (Lipinski definition) is 3. The number of rotatable bonds is 7. The lowest BCUT2D eigenvalue weighted by molar-refractivity contribution is -0.120. The molecule has 1 heterocycles. The van der Waals surface area contributed by atoms with Crippen LogP contribution in [0.2, 0.25) is 0 Å². The molecule has 4 rings (SSSR count). The van der Waals surface area contributed by atoms with E-state index in [9.17, 15) is 15.0 Å². The van der Waals surface area contributed by atoms with Crippen LogP contribution in [0.5, 0.6) is 0 Å². The van der Waals surface area contributed by atoms with E-state index in [0.29, 0.717) is 17.0 Å². The lowest BCUT2D eigenvalue weighted by Crippen LogP contribution is -2.39. The fourth-order valence-electron chi connectivity index (χ4n) is 4.16. The Labute approximate surface area is 193 Å². The van der Waals surface area contributed by atoms with Crippen LogP contribution in [0.3, 0.4) is 0 Å². The van der Waals surface area contributed by atoms with Crippen LogP contribution in [0.4, 0.5) is 5.69 Å². The van der Waals surface area contributed by atoms with Gasteiger partial charge in [0.15, 0.2) is 0 Å². The van der Waals surface area contributed by atoms with E-state index in [2.05, 4.69) is 27.3 Å². The lowest BCUT2D eigenvalue weighted by atomic mass is 10.00. The van der Waals surface area contributed by atoms with Crippen molar-refractivity contribution in [2.75, 3.05) is 11.9 Å². The molecule has 3 aromatic carbocycles. The molecule has 0 saturated carbocycles. The van der Waals surface area contributed by atoms with Crippen molar-refractivity contribution >= 4 is 17.3 Å². The van der Waals surface area contributed by atoms with E-state index < -0.39 is 5.95 Å². The number of likely N-dealkylation sites (tertiary alicyclic amines) is 1. The van der Waals surface area contributed by atoms with Crippen LogP contribution < -0.4 is 5.32 Å². The molecule has 0 spiro atoms. The number of aliphatic imine (C=N–C) groups is 1. The Kier molecular flexibility index (Phi) is 7.17. The minimum atomic E-state index is -0.882. The first-order valence-electron chi connectivity index (χ1n) is 11.0. The number of benzene rings is 3. The normalized spacial score (nSPS) is 16.4. The molecule has 168 valence electrons. The third-order valence-corrected chi connectivity index (χ3v) is 5.69. The molecular weight excluding hydrogens is 414 g/mol. The maximum Gasteiger partial charge on any atom is 0.293 e. The standard InChI is InChI=1S/C27H27N3O3/c31-25(32)18-28-26(21-12-5-2-6-13-21)22-14-7-8-15-23(22)29-27(33)24-16-9-17-30(24)19-20-10-3-1-4-11-20/h1-8,10-15,18,24,31-32H,9,16-17,19H2,(H,29,33)/t24-/m0/s1. The number of amides is 1. The second-order valence-electron chi connectivity index (χ2n) is 7.98. The first-order chi connectivity index (χ1) is 16.1. The van der Waals surface area contributed by atoms with E-state index in [1.54, 1.807) is 0 Å². The predicted molar refractivity (Wildman–Crippen MR) is 130 cm³/mol. The smallest absolute Gasteiger partial charge is 0.293 e. The Balaban J connectivity index is 1.59. The molecule has 6 nitrogen and oxygen atoms in total. The quantitative estimate of drug-likeness (QED) is 0.354. The van der Waals surface area contributed by atoms with Gasteiger partial charge in [-0.1, -0.05) is 78.9 Å². The highest BCUT2D eigenvalue weighted by Crippen LogP contribution is 2.25. The molecule has 1 aliphatic rings. The van der Waals surface area contributed by atoms with Crippen LogP contribution >= 0.6 is 0 Å². The fraction of sp³-hybridized carbons (Fsp3) is 0.185. The van der Waals surface area contributed by atoms with Gasteiger partial charge in [0.05, 0.1) is 17.4 Å². The maximum atomic E-state index is 13.3. The molecule has 3 N–H and O–H groups in total. The number of nitrogens with zero attached hydrogens (tertiary/aromatic N) is 2. The highest BCUT2D eigenvalue weighted by molar-refractivity contribution is 6.17. The van der Waals surface area contributed by atoms with E-state index in [1.165, 1.54) is 5.56 Å². The Morgan fingerprint density at radius 3 is 2.36 bits per heavy atom. The zero-order valence-electron chi connectivity index (χ0n) is 18.3. The van der Waals surface area contributed by atoms with Gasteiger partial charge in [0.1, 0.15) is 6.20 Å². The summed E-state index contributed by atoms with van der Waals surface area (Å²) in [6.07, 6.45) is 2.77. The van der Waals surface area contributed by atoms with E-state index in [1.807, 2.05) is 72.8 Å². The third kappa shape index (κ3) is 5.67. The van der Waals surface area contributed by atoms with Crippen LogP contribution in [0.1, 0.15) is 29.5 Å². The van der Waals surface area contributed by atoms with E-state index in [4.69, 9.17) is 0 Å². The van der Waals surface area contributed by atoms with Gasteiger partial charge in [0, 0.05) is 17.7 Å². The van der Waals surface area contributed by atoms with Gasteiger partial charge in [-0.25, -0.2) is 4.99 Å². The van der Waals surface area contributed by atoms with E-state index in [-0.39, 0.29) is 11.9 Å². The molecular formula is C27H27N3O3. The van der Waals surface area contributed by atoms with E-state index >= 15 is 0 Å². The molecule has 3 aromatic rings. The fourth-order valence-corrected chi connectivity index (χ4v) is 4.16. The number of para-hydroxylation sites is 1. The molecule has 6 heteroatoms. The summed E-state index contributed by atoms with van der Waals surface area (Å²) < 4.78 is 0. The number of carbonyl (C=O) groups excluding carboxylic acids is 1. The van der Waals surface area contributed by atoms with Crippen LogP contribution in [-0.4, -0.2) is 39.3 Å². The Bertz CT molecular complexity index is 1140. The van der Waals surface area contributed by atoms with Crippen LogP contribution in [0, 0.1) is 0 Å². The molecule has 1 atom stereocenters. The number of nitrogens with one attached hydrogen (secondary N) is 1. The Hall–Kier alpha value is -3.90. The largest absolute Gasteiger partial charge is 0.480 e. The van der Waals surface area contributed by atoms with Crippen molar-refractivity contribution in [3.63, 3.8) is 0 Å². The summed E-state index contributed by atoms with van der Waals surface area (Å²) in [7, 11) is 0. The van der Waals surface area contributed by atoms with E-state index in [0.717, 1.165) is 37.7 Å². The van der Waals surface area contributed by atoms with Gasteiger partial charge in [-0.3, -0.25) is 9.69 Å². The minimum Gasteiger partial charge on any atom is -0.480 e. The number of aliphatic hydroxyl groups is 2. The zero-order valence-corrected chi connectivity index (χ0v) is 18.3. The highest BCUT2D eigenvalue weighted by Gasteiger charge is 2.31. The first-order valence-corrected chi connectivity index (χ1v) is 11.0. The predicted octanol–water partition coefficient (Wildman–Crippen LogP) is 5.04. The third-order valence-electron chi connectivity index (χ3n) is 5.69. The molecule has 0 unspecified atom stereocenters. The molecule has 0 bridgehead atoms. The maximum absolute atomic E-state index is 13.3. The van der Waals surface area contributed by atoms with Gasteiger partial charge in [-0.05, 0) is 31.0 Å². The summed E-state index contributed by atoms with van der Waals surface area (Å²) in [5.74, 6) is -0.934. The van der Waals surface area contributed by atoms with Crippen molar-refractivity contribution in [3.8, 4) is 0 Å². The van der Waals surface area contributed by atoms with Crippen molar-refractivity contribution in [2.24, 2.45) is 4.99 Å². The zero-order chi connectivity index (χ0) is 23.0. The molecule has 0 aromatic heterocycles. The van der Waals surface area contributed by atoms with Crippen LogP contribution in [-0.2, 0) is 11.3 Å². The summed E-state index contributed by atoms with van der Waals surface area (Å²) >= 11 is 0. The van der Waals surface area contributed by atoms with Gasteiger partial charge in [-0.15, -0.1) is 0 Å². The van der Waals surface area contributed by atoms with Gasteiger partial charge < -0.3 is 15.5 Å². The van der Waals surface area contributed by atoms with Gasteiger partial charge in [-0.2, -0.15) is 0 Å². The second kappa shape index (κ2) is 10.6. The summed E-state index contributed by atoms with van der Waals surface area (Å²) in [4.78, 5) is 19.8. The summed E-state index contributed by atoms with van der Waals surface area (Å²) in [5.41, 5.74) is 3.83. The Morgan fingerprint density at radius 2 is 1.64 bits per heavy atom. The van der Waals surface area contributed by atoms with Crippen LogP contribution in [0.25, 0.3) is 0 Å². The SMILES string of the molecule is O=C(Nc1ccccc1C(=NC=C(O)O)c1ccccc1)[C@@H]1CCCN1Cc1ccccc1. The molecule has 0 aliphatic carbocycles. The summed E-state index contributed by atoms with van der Waals surface area (Å²) in [5, 5.41) is 21.6. The number of hydrogen-bond acceptors (Lipinski definition) is 5. The van der Waals surface area contributed by atoms with Gasteiger partial charge >= 0.3 is 0 Å². The average molecular weight is 442 g/mol. The second-order valence-corrected chi connectivity index (χ2v) is 7.98. The van der Waals surface area contributed by atoms with Gasteiger partial charge in [0.25, 0.3) is 5.95 Å². The first kappa shape index (κ1) is 22.3. The Morgan fingerprint density at radius 1 is 0.970 bits per heavy atom. The van der Waals surface area contributed by atoms with Gasteiger partial charge in [0.2, 0.25) is 5.91 Å². The molecule has 0 radical (unpaired) electrons. The van der Waals surface area contributed by atoms with Crippen molar-refractivity contribution in [1.29, 1.82) is 0 Å². The van der Waals surface area contributed by atoms with Crippen molar-refractivity contribution < 1.29 is 15.0 Å².